The van der Waals surface area contributed by atoms with E-state index in [9.17, 15) is 0 Å². The van der Waals surface area contributed by atoms with Crippen LogP contribution < -0.4 is 0 Å². The van der Waals surface area contributed by atoms with Crippen LogP contribution in [0.4, 0.5) is 0 Å². The zero-order chi connectivity index (χ0) is 4.83. The molecule has 0 bridgehead atoms. The van der Waals surface area contributed by atoms with Crippen molar-refractivity contribution in [3.8, 4) is 0 Å². The van der Waals surface area contributed by atoms with E-state index < -0.39 is 0 Å². The summed E-state index contributed by atoms with van der Waals surface area (Å²) in [6.45, 7) is 5.46. The second kappa shape index (κ2) is 9.36. The van der Waals surface area contributed by atoms with Crippen molar-refractivity contribution in [3.63, 3.8) is 0 Å². The van der Waals surface area contributed by atoms with Gasteiger partial charge in [0.25, 0.3) is 0 Å². The molecule has 0 atom stereocenters. The van der Waals surface area contributed by atoms with Gasteiger partial charge in [-0.1, -0.05) is 0 Å². The summed E-state index contributed by atoms with van der Waals surface area (Å²) < 4.78 is 0. The van der Waals surface area contributed by atoms with E-state index in [-0.39, 0.29) is 19.5 Å². The summed E-state index contributed by atoms with van der Waals surface area (Å²) in [6.07, 6.45) is 7.54. The van der Waals surface area contributed by atoms with Crippen molar-refractivity contribution in [2.24, 2.45) is 0 Å². The van der Waals surface area contributed by atoms with Crippen LogP contribution >= 0.6 is 0 Å². The Morgan fingerprint density at radius 1 is 1.29 bits per heavy atom. The second-order valence-electron chi connectivity index (χ2n) is 0.954. The molecule has 7 heavy (non-hydrogen) atoms. The second-order valence-corrected chi connectivity index (χ2v) is 0.954. The van der Waals surface area contributed by atoms with Crippen molar-refractivity contribution in [3.05, 3.63) is 31.2 Å². The van der Waals surface area contributed by atoms with E-state index in [1.54, 1.807) is 6.08 Å². The average Bonchev–Trinajstić information content (AvgIpc) is 1.61. The van der Waals surface area contributed by atoms with Gasteiger partial charge in [-0.25, -0.2) is 19.1 Å². The molecule has 0 N–H and O–H groups in total. The zero-order valence-corrected chi connectivity index (χ0v) is 6.11. The van der Waals surface area contributed by atoms with Crippen LogP contribution in [0, 0.1) is 6.92 Å². The Morgan fingerprint density at radius 3 is 2.00 bits per heavy atom. The predicted molar refractivity (Wildman–Crippen MR) is 29.3 cm³/mol. The van der Waals surface area contributed by atoms with Gasteiger partial charge in [0.05, 0.1) is 0 Å². The zero-order valence-electron chi connectivity index (χ0n) is 4.37. The largest absolute Gasteiger partial charge is 1.00 e. The van der Waals surface area contributed by atoms with Crippen LogP contribution in [-0.4, -0.2) is 0 Å². The third-order valence-electron chi connectivity index (χ3n) is 0.440. The standard InChI is InChI=1S/C6H9.Ru/c1-3-5-6-4-2;/h3-6H,1H2,2H3;/q-1;+1. The van der Waals surface area contributed by atoms with Crippen LogP contribution in [0.1, 0.15) is 6.92 Å². The Labute approximate surface area is 58.1 Å². The van der Waals surface area contributed by atoms with Crippen LogP contribution in [0.3, 0.4) is 0 Å². The van der Waals surface area contributed by atoms with Crippen molar-refractivity contribution in [1.29, 1.82) is 0 Å². The van der Waals surface area contributed by atoms with Gasteiger partial charge in [0, 0.05) is 0 Å². The summed E-state index contributed by atoms with van der Waals surface area (Å²) >= 11 is 0. The first-order valence-corrected chi connectivity index (χ1v) is 1.99. The molecule has 0 rings (SSSR count). The molecule has 41 valence electrons. The molecular formula is C6H9Ru. The fourth-order valence-corrected chi connectivity index (χ4v) is 0.190. The van der Waals surface area contributed by atoms with Gasteiger partial charge >= 0.3 is 19.5 Å². The van der Waals surface area contributed by atoms with E-state index in [0.717, 1.165) is 0 Å². The van der Waals surface area contributed by atoms with Gasteiger partial charge < -0.3 is 0 Å². The van der Waals surface area contributed by atoms with Gasteiger partial charge in [-0.15, -0.1) is 12.2 Å². The minimum absolute atomic E-state index is 0. The first-order chi connectivity index (χ1) is 2.91. The number of rotatable bonds is 1. The molecule has 0 aromatic rings. The van der Waals surface area contributed by atoms with E-state index >= 15 is 0 Å². The molecule has 0 amide bonds. The van der Waals surface area contributed by atoms with Crippen LogP contribution in [0.15, 0.2) is 24.3 Å². The van der Waals surface area contributed by atoms with Crippen LogP contribution in [0.25, 0.3) is 0 Å². The Bertz CT molecular complexity index is 52.6. The summed E-state index contributed by atoms with van der Waals surface area (Å²) in [5.74, 6) is 0. The van der Waals surface area contributed by atoms with Gasteiger partial charge in [-0.2, -0.15) is 0 Å². The summed E-state index contributed by atoms with van der Waals surface area (Å²) in [6, 6.07) is 0. The maximum Gasteiger partial charge on any atom is 1.00 e. The minimum Gasteiger partial charge on any atom is -0.245 e. The summed E-state index contributed by atoms with van der Waals surface area (Å²) in [5.41, 5.74) is 0. The summed E-state index contributed by atoms with van der Waals surface area (Å²) in [4.78, 5) is 0. The monoisotopic (exact) mass is 183 g/mol. The van der Waals surface area contributed by atoms with Gasteiger partial charge in [-0.05, 0) is 6.92 Å². The predicted octanol–water partition coefficient (Wildman–Crippen LogP) is 1.95. The smallest absolute Gasteiger partial charge is 0.245 e. The molecule has 0 saturated carbocycles. The van der Waals surface area contributed by atoms with Crippen LogP contribution in [0.2, 0.25) is 0 Å². The molecule has 0 spiro atoms. The SMILES string of the molecule is [CH2-]C=CC=CC.[Ru+]. The van der Waals surface area contributed by atoms with Crippen molar-refractivity contribution in [1.82, 2.24) is 0 Å². The third kappa shape index (κ3) is 10.7. The fourth-order valence-electron chi connectivity index (χ4n) is 0.190. The van der Waals surface area contributed by atoms with Crippen molar-refractivity contribution < 1.29 is 19.5 Å². The minimum atomic E-state index is 0. The van der Waals surface area contributed by atoms with Gasteiger partial charge in [-0.3, -0.25) is 0 Å². The van der Waals surface area contributed by atoms with Gasteiger partial charge in [0.1, 0.15) is 0 Å². The number of hydrogen-bond acceptors (Lipinski definition) is 0. The third-order valence-corrected chi connectivity index (χ3v) is 0.440. The number of hydrogen-bond donors (Lipinski definition) is 0. The van der Waals surface area contributed by atoms with E-state index in [1.165, 1.54) is 0 Å². The molecule has 0 unspecified atom stereocenters. The summed E-state index contributed by atoms with van der Waals surface area (Å²) in [7, 11) is 0. The molecule has 1 radical (unpaired) electrons. The van der Waals surface area contributed by atoms with E-state index in [0.29, 0.717) is 0 Å². The fraction of sp³-hybridized carbons (Fsp3) is 0.167. The van der Waals surface area contributed by atoms with Gasteiger partial charge in [0.2, 0.25) is 0 Å². The Kier molecular flexibility index (Phi) is 13.4. The Morgan fingerprint density at radius 2 is 1.86 bits per heavy atom. The van der Waals surface area contributed by atoms with Crippen molar-refractivity contribution >= 4 is 0 Å². The first-order valence-electron chi connectivity index (χ1n) is 1.99. The molecule has 0 saturated heterocycles. The van der Waals surface area contributed by atoms with E-state index in [4.69, 9.17) is 0 Å². The molecule has 1 heteroatoms. The topological polar surface area (TPSA) is 0 Å². The molecule has 0 aliphatic rings. The molecule has 0 aliphatic carbocycles. The maximum absolute atomic E-state index is 3.49. The van der Waals surface area contributed by atoms with Crippen molar-refractivity contribution in [2.75, 3.05) is 0 Å². The molecule has 0 fully saturated rings. The van der Waals surface area contributed by atoms with Crippen LogP contribution in [0.5, 0.6) is 0 Å². The maximum atomic E-state index is 3.49. The normalized spacial score (nSPS) is 9.86. The van der Waals surface area contributed by atoms with E-state index in [2.05, 4.69) is 6.92 Å². The van der Waals surface area contributed by atoms with E-state index in [1.807, 2.05) is 25.2 Å². The Hall–Kier alpha value is -0.0266. The summed E-state index contributed by atoms with van der Waals surface area (Å²) in [5, 5.41) is 0. The molecular weight excluding hydrogens is 173 g/mol. The molecule has 0 aliphatic heterocycles. The van der Waals surface area contributed by atoms with Gasteiger partial charge in [0.15, 0.2) is 0 Å². The first kappa shape index (κ1) is 10.1. The molecule has 0 heterocycles. The average molecular weight is 182 g/mol. The molecule has 0 nitrogen and oxygen atoms in total. The molecule has 0 aromatic heterocycles. The number of allylic oxidation sites excluding steroid dienone is 4. The Balaban J connectivity index is 0. The van der Waals surface area contributed by atoms with Crippen LogP contribution in [-0.2, 0) is 19.5 Å². The van der Waals surface area contributed by atoms with Crippen molar-refractivity contribution in [2.45, 2.75) is 6.92 Å². The molecule has 0 aromatic carbocycles. The quantitative estimate of drug-likeness (QED) is 0.330.